The van der Waals surface area contributed by atoms with E-state index >= 15 is 0 Å². The van der Waals surface area contributed by atoms with Gasteiger partial charge in [-0.3, -0.25) is 0 Å². The Balaban J connectivity index is 0.00000324. The summed E-state index contributed by atoms with van der Waals surface area (Å²) in [6.45, 7) is 3.70. The summed E-state index contributed by atoms with van der Waals surface area (Å²) in [5.41, 5.74) is 7.04. The Morgan fingerprint density at radius 1 is 1.16 bits per heavy atom. The van der Waals surface area contributed by atoms with Crippen molar-refractivity contribution in [1.29, 1.82) is 0 Å². The van der Waals surface area contributed by atoms with Crippen LogP contribution in [0.5, 0.6) is 17.2 Å². The summed E-state index contributed by atoms with van der Waals surface area (Å²) in [4.78, 5) is 0. The zero-order valence-corrected chi connectivity index (χ0v) is 12.5. The van der Waals surface area contributed by atoms with Gasteiger partial charge in [0.1, 0.15) is 17.2 Å². The lowest BCUT2D eigenvalue weighted by molar-refractivity contribution is 0.362. The summed E-state index contributed by atoms with van der Waals surface area (Å²) >= 11 is 0. The number of hydrogen-bond acceptors (Lipinski definition) is 4. The van der Waals surface area contributed by atoms with Crippen molar-refractivity contribution in [3.8, 4) is 17.2 Å². The first-order chi connectivity index (χ1) is 8.67. The third-order valence-corrected chi connectivity index (χ3v) is 2.81. The normalized spacial score (nSPS) is 11.2. The van der Waals surface area contributed by atoms with Crippen LogP contribution in [0.25, 0.3) is 0 Å². The molecule has 0 aromatic heterocycles. The molecule has 0 fully saturated rings. The van der Waals surface area contributed by atoms with E-state index < -0.39 is 0 Å². The molecule has 2 N–H and O–H groups in total. The second-order valence-corrected chi connectivity index (χ2v) is 3.92. The lowest BCUT2D eigenvalue weighted by Gasteiger charge is -2.19. The van der Waals surface area contributed by atoms with Gasteiger partial charge in [-0.2, -0.15) is 0 Å². The zero-order valence-electron chi connectivity index (χ0n) is 11.6. The van der Waals surface area contributed by atoms with Gasteiger partial charge in [0.15, 0.2) is 0 Å². The van der Waals surface area contributed by atoms with E-state index in [4.69, 9.17) is 19.9 Å². The molecule has 0 aliphatic heterocycles. The van der Waals surface area contributed by atoms with Crippen LogP contribution in [0.15, 0.2) is 24.8 Å². The average molecular weight is 288 g/mol. The van der Waals surface area contributed by atoms with Crippen molar-refractivity contribution in [2.45, 2.75) is 18.9 Å². The maximum atomic E-state index is 6.18. The molecule has 1 aromatic carbocycles. The molecule has 5 heteroatoms. The maximum Gasteiger partial charge on any atom is 0.131 e. The number of hydrogen-bond donors (Lipinski definition) is 1. The fraction of sp³-hybridized carbons (Fsp3) is 0.429. The minimum absolute atomic E-state index is 0. The maximum absolute atomic E-state index is 6.18. The van der Waals surface area contributed by atoms with Crippen molar-refractivity contribution >= 4 is 12.4 Å². The van der Waals surface area contributed by atoms with E-state index in [0.29, 0.717) is 17.2 Å². The number of halogens is 1. The van der Waals surface area contributed by atoms with Gasteiger partial charge in [-0.1, -0.05) is 6.08 Å². The van der Waals surface area contributed by atoms with E-state index in [9.17, 15) is 0 Å². The van der Waals surface area contributed by atoms with E-state index in [1.165, 1.54) is 0 Å². The Morgan fingerprint density at radius 2 is 1.68 bits per heavy atom. The Bertz CT molecular complexity index is 385. The van der Waals surface area contributed by atoms with Crippen LogP contribution in [0.2, 0.25) is 0 Å². The smallest absolute Gasteiger partial charge is 0.131 e. The Labute approximate surface area is 120 Å². The van der Waals surface area contributed by atoms with Crippen LogP contribution in [0.4, 0.5) is 0 Å². The summed E-state index contributed by atoms with van der Waals surface area (Å²) in [6, 6.07) is 3.47. The van der Waals surface area contributed by atoms with Crippen molar-refractivity contribution in [2.24, 2.45) is 5.73 Å². The fourth-order valence-electron chi connectivity index (χ4n) is 1.84. The van der Waals surface area contributed by atoms with E-state index in [2.05, 4.69) is 6.58 Å². The molecular formula is C14H22ClNO3. The molecule has 0 radical (unpaired) electrons. The molecule has 19 heavy (non-hydrogen) atoms. The van der Waals surface area contributed by atoms with E-state index in [-0.39, 0.29) is 18.4 Å². The Kier molecular flexibility index (Phi) is 8.03. The minimum atomic E-state index is -0.154. The first-order valence-electron chi connectivity index (χ1n) is 5.84. The Morgan fingerprint density at radius 3 is 2.05 bits per heavy atom. The van der Waals surface area contributed by atoms with Crippen molar-refractivity contribution in [2.75, 3.05) is 21.3 Å². The second kappa shape index (κ2) is 8.67. The summed E-state index contributed by atoms with van der Waals surface area (Å²) in [7, 11) is 4.82. The van der Waals surface area contributed by atoms with Gasteiger partial charge in [-0.25, -0.2) is 0 Å². The molecule has 0 unspecified atom stereocenters. The highest BCUT2D eigenvalue weighted by Gasteiger charge is 2.18. The molecule has 0 saturated heterocycles. The zero-order chi connectivity index (χ0) is 13.5. The van der Waals surface area contributed by atoms with Gasteiger partial charge in [-0.05, 0) is 12.8 Å². The van der Waals surface area contributed by atoms with Crippen molar-refractivity contribution < 1.29 is 14.2 Å². The molecule has 0 amide bonds. The molecule has 1 rings (SSSR count). The molecule has 1 atom stereocenters. The quantitative estimate of drug-likeness (QED) is 0.783. The van der Waals surface area contributed by atoms with Gasteiger partial charge < -0.3 is 19.9 Å². The molecular weight excluding hydrogens is 266 g/mol. The van der Waals surface area contributed by atoms with Crippen molar-refractivity contribution in [3.05, 3.63) is 30.4 Å². The number of rotatable bonds is 7. The van der Waals surface area contributed by atoms with Crippen LogP contribution >= 0.6 is 12.4 Å². The predicted octanol–water partition coefficient (Wildman–Crippen LogP) is 3.10. The number of nitrogens with two attached hydrogens (primary N) is 1. The summed E-state index contributed by atoms with van der Waals surface area (Å²) in [5.74, 6) is 2.05. The third kappa shape index (κ3) is 4.33. The molecule has 0 saturated carbocycles. The molecule has 0 spiro atoms. The Hall–Kier alpha value is -1.39. The number of benzene rings is 1. The molecule has 4 nitrogen and oxygen atoms in total. The first kappa shape index (κ1) is 17.6. The highest BCUT2D eigenvalue weighted by atomic mass is 35.5. The summed E-state index contributed by atoms with van der Waals surface area (Å²) < 4.78 is 15.9. The van der Waals surface area contributed by atoms with E-state index in [0.717, 1.165) is 18.4 Å². The lowest BCUT2D eigenvalue weighted by Crippen LogP contribution is -2.13. The van der Waals surface area contributed by atoms with Crippen LogP contribution in [-0.4, -0.2) is 21.3 Å². The number of methoxy groups -OCH3 is 3. The fourth-order valence-corrected chi connectivity index (χ4v) is 1.84. The highest BCUT2D eigenvalue weighted by Crippen LogP contribution is 2.38. The SMILES string of the molecule is C=CCC[C@H](N)c1c(OC)cc(OC)cc1OC.Cl. The van der Waals surface area contributed by atoms with Crippen molar-refractivity contribution in [1.82, 2.24) is 0 Å². The van der Waals surface area contributed by atoms with Crippen LogP contribution in [0.1, 0.15) is 24.4 Å². The summed E-state index contributed by atoms with van der Waals surface area (Å²) in [6.07, 6.45) is 3.49. The topological polar surface area (TPSA) is 53.7 Å². The van der Waals surface area contributed by atoms with Crippen LogP contribution in [-0.2, 0) is 0 Å². The average Bonchev–Trinajstić information content (AvgIpc) is 2.42. The van der Waals surface area contributed by atoms with Gasteiger partial charge in [0.2, 0.25) is 0 Å². The van der Waals surface area contributed by atoms with Gasteiger partial charge >= 0.3 is 0 Å². The van der Waals surface area contributed by atoms with Crippen molar-refractivity contribution in [3.63, 3.8) is 0 Å². The second-order valence-electron chi connectivity index (χ2n) is 3.92. The number of allylic oxidation sites excluding steroid dienone is 1. The molecule has 1 aromatic rings. The predicted molar refractivity (Wildman–Crippen MR) is 79.7 cm³/mol. The van der Waals surface area contributed by atoms with Crippen LogP contribution in [0.3, 0.4) is 0 Å². The third-order valence-electron chi connectivity index (χ3n) is 2.81. The van der Waals surface area contributed by atoms with Crippen LogP contribution in [0, 0.1) is 0 Å². The van der Waals surface area contributed by atoms with E-state index in [1.807, 2.05) is 18.2 Å². The molecule has 108 valence electrons. The van der Waals surface area contributed by atoms with Gasteiger partial charge in [0.05, 0.1) is 26.9 Å². The van der Waals surface area contributed by atoms with Crippen LogP contribution < -0.4 is 19.9 Å². The van der Waals surface area contributed by atoms with Gasteiger partial charge in [0, 0.05) is 18.2 Å². The molecule has 0 bridgehead atoms. The largest absolute Gasteiger partial charge is 0.496 e. The molecule has 0 aliphatic rings. The van der Waals surface area contributed by atoms with E-state index in [1.54, 1.807) is 21.3 Å². The standard InChI is InChI=1S/C14H21NO3.ClH/c1-5-6-7-11(15)14-12(17-3)8-10(16-2)9-13(14)18-4;/h5,8-9,11H,1,6-7,15H2,2-4H3;1H/t11-;/m0./s1. The van der Waals surface area contributed by atoms with Gasteiger partial charge in [0.25, 0.3) is 0 Å². The van der Waals surface area contributed by atoms with Gasteiger partial charge in [-0.15, -0.1) is 19.0 Å². The number of ether oxygens (including phenoxy) is 3. The lowest BCUT2D eigenvalue weighted by atomic mass is 10.0. The molecule has 0 aliphatic carbocycles. The first-order valence-corrected chi connectivity index (χ1v) is 5.84. The monoisotopic (exact) mass is 287 g/mol. The summed E-state index contributed by atoms with van der Waals surface area (Å²) in [5, 5.41) is 0. The highest BCUT2D eigenvalue weighted by molar-refractivity contribution is 5.85. The minimum Gasteiger partial charge on any atom is -0.496 e. The molecule has 0 heterocycles.